The topological polar surface area (TPSA) is 155 Å². The summed E-state index contributed by atoms with van der Waals surface area (Å²) in [6, 6.07) is 0. The van der Waals surface area contributed by atoms with Crippen molar-refractivity contribution in [3.63, 3.8) is 0 Å². The second kappa shape index (κ2) is 59.3. The fourth-order valence-electron chi connectivity index (χ4n) is 8.04. The summed E-state index contributed by atoms with van der Waals surface area (Å²) in [6.07, 6.45) is 71.8. The molecule has 0 amide bonds. The van der Waals surface area contributed by atoms with Crippen molar-refractivity contribution in [1.82, 2.24) is 0 Å². The zero-order valence-electron chi connectivity index (χ0n) is 49.3. The Morgan fingerprint density at radius 3 is 1.05 bits per heavy atom. The minimum atomic E-state index is -4.77. The number of aliphatic hydroxyl groups is 1. The third-order valence-corrected chi connectivity index (χ3v) is 13.6. The molecule has 3 unspecified atom stereocenters. The largest absolute Gasteiger partial charge is 0.472 e. The minimum Gasteiger partial charge on any atom is -0.462 e. The third kappa shape index (κ3) is 56.8. The highest BCUT2D eigenvalue weighted by atomic mass is 31.2. The van der Waals surface area contributed by atoms with E-state index in [4.69, 9.17) is 23.3 Å². The standard InChI is InChI=1S/C66H111O11P/c1-4-7-10-13-16-19-22-25-28-30-31-33-36-39-42-45-48-51-54-57-66(70)77-63(59-73-64(68)55-52-49-46-43-40-37-34-27-24-21-18-15-12-9-6-3)61-75-78(71,72)74-60-62(58-67)76-65(69)56-53-50-47-44-41-38-35-32-29-26-23-20-17-14-11-8-5-2/h7-8,10-11,16-17,19-20,25-29,31,33-34,39,42,62-63,67H,4-6,9,12-15,18,21-24,30,32,35-38,40-41,43-61H2,1-3H3,(H,71,72)/b10-7-,11-8-,19-16-,20-17-,28-25-,29-26-,33-31-,34-27-,42-39-. The van der Waals surface area contributed by atoms with Gasteiger partial charge in [-0.2, -0.15) is 0 Å². The predicted octanol–water partition coefficient (Wildman–Crippen LogP) is 18.6. The van der Waals surface area contributed by atoms with E-state index in [1.165, 1.54) is 51.4 Å². The van der Waals surface area contributed by atoms with Gasteiger partial charge in [0.1, 0.15) is 12.7 Å². The van der Waals surface area contributed by atoms with Gasteiger partial charge in [0, 0.05) is 19.3 Å². The lowest BCUT2D eigenvalue weighted by Crippen LogP contribution is -2.30. The lowest BCUT2D eigenvalue weighted by Gasteiger charge is -2.21. The summed E-state index contributed by atoms with van der Waals surface area (Å²) < 4.78 is 39.6. The number of phosphoric acid groups is 1. The zero-order valence-corrected chi connectivity index (χ0v) is 50.2. The fraction of sp³-hybridized carbons (Fsp3) is 0.682. The molecule has 0 rings (SSSR count). The molecule has 3 atom stereocenters. The third-order valence-electron chi connectivity index (χ3n) is 12.7. The number of ether oxygens (including phenoxy) is 3. The molecule has 0 heterocycles. The van der Waals surface area contributed by atoms with Crippen LogP contribution in [0.4, 0.5) is 0 Å². The molecular formula is C66H111O11P. The van der Waals surface area contributed by atoms with Gasteiger partial charge < -0.3 is 24.2 Å². The van der Waals surface area contributed by atoms with Crippen LogP contribution in [0.15, 0.2) is 109 Å². The average molecular weight is 1110 g/mol. The van der Waals surface area contributed by atoms with Gasteiger partial charge in [0.05, 0.1) is 19.8 Å². The van der Waals surface area contributed by atoms with Gasteiger partial charge in [-0.3, -0.25) is 23.4 Å². The maximum atomic E-state index is 12.9. The van der Waals surface area contributed by atoms with Gasteiger partial charge in [0.2, 0.25) is 0 Å². The monoisotopic (exact) mass is 1110 g/mol. The Morgan fingerprint density at radius 2 is 0.667 bits per heavy atom. The predicted molar refractivity (Wildman–Crippen MR) is 325 cm³/mol. The second-order valence-corrected chi connectivity index (χ2v) is 21.6. The van der Waals surface area contributed by atoms with Crippen LogP contribution in [-0.4, -0.2) is 66.5 Å². The normalized spacial score (nSPS) is 14.1. The lowest BCUT2D eigenvalue weighted by molar-refractivity contribution is -0.161. The van der Waals surface area contributed by atoms with E-state index in [1.807, 2.05) is 0 Å². The van der Waals surface area contributed by atoms with Crippen LogP contribution in [0, 0.1) is 0 Å². The Balaban J connectivity index is 4.79. The Labute approximate surface area is 475 Å². The van der Waals surface area contributed by atoms with Crippen LogP contribution in [0.25, 0.3) is 0 Å². The molecule has 0 bridgehead atoms. The molecule has 0 aromatic carbocycles. The summed E-state index contributed by atoms with van der Waals surface area (Å²) in [4.78, 5) is 48.7. The Hall–Kier alpha value is -3.86. The lowest BCUT2D eigenvalue weighted by atomic mass is 10.1. The summed E-state index contributed by atoms with van der Waals surface area (Å²) in [6.45, 7) is 4.37. The second-order valence-electron chi connectivity index (χ2n) is 20.1. The first-order valence-electron chi connectivity index (χ1n) is 30.8. The average Bonchev–Trinajstić information content (AvgIpc) is 3.43. The van der Waals surface area contributed by atoms with Crippen molar-refractivity contribution in [3.05, 3.63) is 109 Å². The maximum absolute atomic E-state index is 12.9. The van der Waals surface area contributed by atoms with E-state index < -0.39 is 57.8 Å². The van der Waals surface area contributed by atoms with E-state index in [0.29, 0.717) is 19.3 Å². The number of hydrogen-bond acceptors (Lipinski definition) is 10. The highest BCUT2D eigenvalue weighted by Crippen LogP contribution is 2.43. The van der Waals surface area contributed by atoms with Crippen LogP contribution in [0.2, 0.25) is 0 Å². The van der Waals surface area contributed by atoms with Crippen LogP contribution in [0.5, 0.6) is 0 Å². The first-order valence-corrected chi connectivity index (χ1v) is 32.3. The molecule has 2 N–H and O–H groups in total. The smallest absolute Gasteiger partial charge is 0.462 e. The number of carbonyl (C=O) groups excluding carboxylic acids is 3. The molecule has 11 nitrogen and oxygen atoms in total. The van der Waals surface area contributed by atoms with Crippen LogP contribution >= 0.6 is 7.82 Å². The van der Waals surface area contributed by atoms with E-state index >= 15 is 0 Å². The number of unbranched alkanes of at least 4 members (excludes halogenated alkanes) is 21. The number of rotatable bonds is 56. The molecule has 0 aliphatic heterocycles. The summed E-state index contributed by atoms with van der Waals surface area (Å²) in [5, 5.41) is 9.84. The van der Waals surface area contributed by atoms with Gasteiger partial charge in [-0.15, -0.1) is 0 Å². The highest BCUT2D eigenvalue weighted by Gasteiger charge is 2.28. The molecule has 0 saturated heterocycles. The van der Waals surface area contributed by atoms with E-state index in [-0.39, 0.29) is 25.9 Å². The number of hydrogen-bond donors (Lipinski definition) is 2. The maximum Gasteiger partial charge on any atom is 0.472 e. The van der Waals surface area contributed by atoms with Crippen LogP contribution in [0.3, 0.4) is 0 Å². The fourth-order valence-corrected chi connectivity index (χ4v) is 8.82. The first-order chi connectivity index (χ1) is 38.2. The minimum absolute atomic E-state index is 0.122. The molecule has 0 aliphatic carbocycles. The van der Waals surface area contributed by atoms with Crippen LogP contribution < -0.4 is 0 Å². The molecule has 0 aliphatic rings. The van der Waals surface area contributed by atoms with Gasteiger partial charge in [-0.1, -0.05) is 220 Å². The van der Waals surface area contributed by atoms with Crippen molar-refractivity contribution in [3.8, 4) is 0 Å². The number of esters is 3. The van der Waals surface area contributed by atoms with Crippen molar-refractivity contribution in [2.75, 3.05) is 26.4 Å². The summed E-state index contributed by atoms with van der Waals surface area (Å²) in [7, 11) is -4.77. The van der Waals surface area contributed by atoms with Crippen molar-refractivity contribution in [2.45, 2.75) is 264 Å². The van der Waals surface area contributed by atoms with E-state index in [1.54, 1.807) is 0 Å². The molecule has 12 heteroatoms. The van der Waals surface area contributed by atoms with E-state index in [9.17, 15) is 28.9 Å². The molecule has 0 aromatic rings. The van der Waals surface area contributed by atoms with Crippen molar-refractivity contribution in [2.24, 2.45) is 0 Å². The number of allylic oxidation sites excluding steroid dienone is 18. The van der Waals surface area contributed by atoms with Crippen LogP contribution in [-0.2, 0) is 42.2 Å². The highest BCUT2D eigenvalue weighted by molar-refractivity contribution is 7.47. The van der Waals surface area contributed by atoms with E-state index in [2.05, 4.69) is 130 Å². The Bertz CT molecular complexity index is 1720. The van der Waals surface area contributed by atoms with Crippen molar-refractivity contribution >= 4 is 25.7 Å². The molecule has 0 radical (unpaired) electrons. The summed E-state index contributed by atoms with van der Waals surface area (Å²) in [5.41, 5.74) is 0. The molecule has 78 heavy (non-hydrogen) atoms. The van der Waals surface area contributed by atoms with Crippen LogP contribution in [0.1, 0.15) is 252 Å². The molecule has 446 valence electrons. The number of carbonyl (C=O) groups is 3. The van der Waals surface area contributed by atoms with Gasteiger partial charge in [0.25, 0.3) is 0 Å². The molecular weight excluding hydrogens is 1000 g/mol. The number of phosphoric ester groups is 1. The van der Waals surface area contributed by atoms with Crippen molar-refractivity contribution in [1.29, 1.82) is 0 Å². The van der Waals surface area contributed by atoms with Gasteiger partial charge in [-0.25, -0.2) is 4.57 Å². The van der Waals surface area contributed by atoms with Gasteiger partial charge in [0.15, 0.2) is 6.10 Å². The zero-order chi connectivity index (χ0) is 56.9. The molecule has 0 aromatic heterocycles. The summed E-state index contributed by atoms with van der Waals surface area (Å²) >= 11 is 0. The molecule has 0 spiro atoms. The Morgan fingerprint density at radius 1 is 0.372 bits per heavy atom. The number of aliphatic hydroxyl groups excluding tert-OH is 1. The molecule has 0 saturated carbocycles. The quantitative estimate of drug-likeness (QED) is 0.0197. The van der Waals surface area contributed by atoms with Crippen molar-refractivity contribution < 1.29 is 52.2 Å². The Kier molecular flexibility index (Phi) is 56.3. The van der Waals surface area contributed by atoms with E-state index in [0.717, 1.165) is 141 Å². The SMILES string of the molecule is CC/C=C\C/C=C\C/C=C\C/C=C\C/C=C\CCCCCC(=O)OC(COC(=O)CCCCCCC/C=C\CCCCCCCC)COP(=O)(O)OCC(CO)OC(=O)CCCCCCCCC/C=C\C/C=C\C/C=C\CC. The van der Waals surface area contributed by atoms with Gasteiger partial charge in [-0.05, 0) is 122 Å². The summed E-state index contributed by atoms with van der Waals surface area (Å²) in [5.74, 6) is -1.53. The first kappa shape index (κ1) is 74.1. The van der Waals surface area contributed by atoms with Gasteiger partial charge >= 0.3 is 25.7 Å². The molecule has 0 fully saturated rings.